The van der Waals surface area contributed by atoms with E-state index in [0.29, 0.717) is 12.1 Å². The number of carbonyl (C=O) groups is 1. The van der Waals surface area contributed by atoms with Crippen molar-refractivity contribution in [1.29, 1.82) is 0 Å². The van der Waals surface area contributed by atoms with Gasteiger partial charge in [-0.3, -0.25) is 9.59 Å². The Morgan fingerprint density at radius 3 is 2.56 bits per heavy atom. The Morgan fingerprint density at radius 2 is 2.11 bits per heavy atom. The fourth-order valence-electron chi connectivity index (χ4n) is 1.66. The Bertz CT molecular complexity index is 486. The summed E-state index contributed by atoms with van der Waals surface area (Å²) in [5.74, 6) is -0.239. The van der Waals surface area contributed by atoms with E-state index in [2.05, 4.69) is 0 Å². The highest BCUT2D eigenvalue weighted by atomic mass is 16.3. The summed E-state index contributed by atoms with van der Waals surface area (Å²) in [7, 11) is 1.63. The predicted octanol–water partition coefficient (Wildman–Crippen LogP) is 0.618. The molecule has 0 aromatic carbocycles. The molecule has 0 fully saturated rings. The number of likely N-dealkylation sites (N-methyl/N-ethyl adjacent to an activating group) is 1. The molecule has 0 saturated carbocycles. The summed E-state index contributed by atoms with van der Waals surface area (Å²) in [4.78, 5) is 25.2. The van der Waals surface area contributed by atoms with Crippen LogP contribution < -0.4 is 5.56 Å². The molecule has 0 atom stereocenters. The monoisotopic (exact) mass is 252 g/mol. The third-order valence-corrected chi connectivity index (χ3v) is 2.60. The van der Waals surface area contributed by atoms with Crippen LogP contribution in [0.15, 0.2) is 23.1 Å². The molecule has 1 heterocycles. The van der Waals surface area contributed by atoms with E-state index in [1.165, 1.54) is 15.5 Å². The van der Waals surface area contributed by atoms with Gasteiger partial charge in [0.2, 0.25) is 0 Å². The molecule has 0 radical (unpaired) electrons. The van der Waals surface area contributed by atoms with Crippen molar-refractivity contribution in [2.24, 2.45) is 7.05 Å². The summed E-state index contributed by atoms with van der Waals surface area (Å²) in [6, 6.07) is 2.92. The number of carbonyl (C=O) groups excluding carboxylic acids is 1. The molecular weight excluding hydrogens is 232 g/mol. The van der Waals surface area contributed by atoms with Gasteiger partial charge in [-0.2, -0.15) is 0 Å². The van der Waals surface area contributed by atoms with Crippen LogP contribution in [0.2, 0.25) is 0 Å². The van der Waals surface area contributed by atoms with Crippen molar-refractivity contribution in [3.8, 4) is 0 Å². The van der Waals surface area contributed by atoms with Gasteiger partial charge in [0.1, 0.15) is 0 Å². The molecule has 0 aliphatic rings. The van der Waals surface area contributed by atoms with Gasteiger partial charge in [0.25, 0.3) is 11.5 Å². The first-order valence-electron chi connectivity index (χ1n) is 5.93. The summed E-state index contributed by atoms with van der Waals surface area (Å²) >= 11 is 0. The lowest BCUT2D eigenvalue weighted by molar-refractivity contribution is 0.0314. The van der Waals surface area contributed by atoms with Gasteiger partial charge in [-0.05, 0) is 26.8 Å². The van der Waals surface area contributed by atoms with Crippen molar-refractivity contribution in [1.82, 2.24) is 9.47 Å². The van der Waals surface area contributed by atoms with Gasteiger partial charge >= 0.3 is 0 Å². The largest absolute Gasteiger partial charge is 0.389 e. The summed E-state index contributed by atoms with van der Waals surface area (Å²) in [6.07, 6.45) is 1.56. The number of hydrogen-bond acceptors (Lipinski definition) is 3. The molecule has 100 valence electrons. The average Bonchev–Trinajstić information content (AvgIpc) is 2.27. The molecule has 0 saturated heterocycles. The Balaban J connectivity index is 2.97. The lowest BCUT2D eigenvalue weighted by Crippen LogP contribution is -2.42. The van der Waals surface area contributed by atoms with E-state index in [0.717, 1.165) is 0 Å². The zero-order chi connectivity index (χ0) is 13.9. The van der Waals surface area contributed by atoms with Crippen molar-refractivity contribution in [3.63, 3.8) is 0 Å². The van der Waals surface area contributed by atoms with E-state index in [-0.39, 0.29) is 18.0 Å². The minimum absolute atomic E-state index is 0.222. The number of amides is 1. The van der Waals surface area contributed by atoms with Gasteiger partial charge in [0.15, 0.2) is 0 Å². The van der Waals surface area contributed by atoms with Crippen molar-refractivity contribution in [3.05, 3.63) is 34.2 Å². The van der Waals surface area contributed by atoms with Gasteiger partial charge in [0, 0.05) is 38.0 Å². The molecule has 1 aromatic rings. The zero-order valence-electron chi connectivity index (χ0n) is 11.3. The van der Waals surface area contributed by atoms with Gasteiger partial charge in [-0.25, -0.2) is 0 Å². The van der Waals surface area contributed by atoms with E-state index in [4.69, 9.17) is 0 Å². The molecule has 1 amide bonds. The van der Waals surface area contributed by atoms with Crippen LogP contribution in [0.5, 0.6) is 0 Å². The minimum Gasteiger partial charge on any atom is -0.389 e. The maximum atomic E-state index is 12.2. The maximum Gasteiger partial charge on any atom is 0.254 e. The van der Waals surface area contributed by atoms with Crippen LogP contribution in [0.3, 0.4) is 0 Å². The van der Waals surface area contributed by atoms with Crippen molar-refractivity contribution in [2.45, 2.75) is 26.4 Å². The fourth-order valence-corrected chi connectivity index (χ4v) is 1.66. The number of pyridine rings is 1. The van der Waals surface area contributed by atoms with Crippen molar-refractivity contribution >= 4 is 5.91 Å². The number of nitrogens with zero attached hydrogens (tertiary/aromatic N) is 2. The Kier molecular flexibility index (Phi) is 4.29. The van der Waals surface area contributed by atoms with Gasteiger partial charge in [-0.1, -0.05) is 0 Å². The molecule has 1 aromatic heterocycles. The van der Waals surface area contributed by atoms with E-state index >= 15 is 0 Å². The summed E-state index contributed by atoms with van der Waals surface area (Å²) < 4.78 is 1.41. The first-order valence-corrected chi connectivity index (χ1v) is 5.93. The number of hydrogen-bond donors (Lipinski definition) is 1. The number of aromatic nitrogens is 1. The quantitative estimate of drug-likeness (QED) is 0.854. The molecule has 1 rings (SSSR count). The second-order valence-electron chi connectivity index (χ2n) is 5.00. The van der Waals surface area contributed by atoms with Crippen LogP contribution >= 0.6 is 0 Å². The predicted molar refractivity (Wildman–Crippen MR) is 69.6 cm³/mol. The number of aliphatic hydroxyl groups is 1. The summed E-state index contributed by atoms with van der Waals surface area (Å²) in [5, 5.41) is 9.75. The first-order chi connectivity index (χ1) is 8.24. The summed E-state index contributed by atoms with van der Waals surface area (Å²) in [5.41, 5.74) is -0.824. The number of aryl methyl sites for hydroxylation is 1. The molecule has 0 aliphatic heterocycles. The molecule has 1 N–H and O–H groups in total. The van der Waals surface area contributed by atoms with Crippen molar-refractivity contribution in [2.75, 3.05) is 13.1 Å². The molecule has 5 nitrogen and oxygen atoms in total. The second kappa shape index (κ2) is 5.35. The van der Waals surface area contributed by atoms with Crippen LogP contribution in [-0.4, -0.2) is 39.2 Å². The van der Waals surface area contributed by atoms with Crippen LogP contribution in [0.4, 0.5) is 0 Å². The zero-order valence-corrected chi connectivity index (χ0v) is 11.3. The Labute approximate surface area is 107 Å². The Morgan fingerprint density at radius 1 is 1.50 bits per heavy atom. The standard InChI is InChI=1S/C13H20N2O3/c1-5-15(9-13(2,3)18)12(17)10-6-7-14(4)11(16)8-10/h6-8,18H,5,9H2,1-4H3. The average molecular weight is 252 g/mol. The van der Waals surface area contributed by atoms with Gasteiger partial charge in [-0.15, -0.1) is 0 Å². The van der Waals surface area contributed by atoms with Crippen LogP contribution in [0.25, 0.3) is 0 Å². The molecule has 0 unspecified atom stereocenters. The molecule has 0 aliphatic carbocycles. The lowest BCUT2D eigenvalue weighted by atomic mass is 10.1. The highest BCUT2D eigenvalue weighted by molar-refractivity contribution is 5.94. The fraction of sp³-hybridized carbons (Fsp3) is 0.538. The smallest absolute Gasteiger partial charge is 0.254 e. The van der Waals surface area contributed by atoms with E-state index in [9.17, 15) is 14.7 Å². The number of rotatable bonds is 4. The van der Waals surface area contributed by atoms with E-state index in [1.54, 1.807) is 33.2 Å². The van der Waals surface area contributed by atoms with Crippen LogP contribution in [0.1, 0.15) is 31.1 Å². The SMILES string of the molecule is CCN(CC(C)(C)O)C(=O)c1ccn(C)c(=O)c1. The molecule has 5 heteroatoms. The molecule has 0 spiro atoms. The van der Waals surface area contributed by atoms with Crippen LogP contribution in [0, 0.1) is 0 Å². The lowest BCUT2D eigenvalue weighted by Gasteiger charge is -2.28. The summed E-state index contributed by atoms with van der Waals surface area (Å²) in [6.45, 7) is 5.85. The van der Waals surface area contributed by atoms with Crippen molar-refractivity contribution < 1.29 is 9.90 Å². The van der Waals surface area contributed by atoms with Gasteiger partial charge < -0.3 is 14.6 Å². The van der Waals surface area contributed by atoms with E-state index in [1.807, 2.05) is 6.92 Å². The molecule has 18 heavy (non-hydrogen) atoms. The first kappa shape index (κ1) is 14.4. The molecular formula is C13H20N2O3. The van der Waals surface area contributed by atoms with Gasteiger partial charge in [0.05, 0.1) is 5.60 Å². The Hall–Kier alpha value is -1.62. The maximum absolute atomic E-state index is 12.2. The minimum atomic E-state index is -0.953. The highest BCUT2D eigenvalue weighted by Crippen LogP contribution is 2.08. The highest BCUT2D eigenvalue weighted by Gasteiger charge is 2.22. The third-order valence-electron chi connectivity index (χ3n) is 2.60. The third kappa shape index (κ3) is 3.70. The normalized spacial score (nSPS) is 11.4. The molecule has 0 bridgehead atoms. The second-order valence-corrected chi connectivity index (χ2v) is 5.00. The van der Waals surface area contributed by atoms with Crippen LogP contribution in [-0.2, 0) is 7.05 Å². The topological polar surface area (TPSA) is 62.5 Å². The van der Waals surface area contributed by atoms with E-state index < -0.39 is 5.60 Å².